The number of nitrogens with one attached hydrogen (secondary N) is 1. The minimum Gasteiger partial charge on any atom is -0.425 e. The minimum absolute atomic E-state index is 0.258. The van der Waals surface area contributed by atoms with Crippen LogP contribution in [-0.4, -0.2) is 28.5 Å². The number of nitrogens with zero attached hydrogens (tertiary/aromatic N) is 2. The maximum Gasteiger partial charge on any atom is 0.224 e. The van der Waals surface area contributed by atoms with Gasteiger partial charge in [0.25, 0.3) is 0 Å². The second-order valence-corrected chi connectivity index (χ2v) is 6.48. The summed E-state index contributed by atoms with van der Waals surface area (Å²) in [5.41, 5.74) is 1.32. The van der Waals surface area contributed by atoms with Crippen LogP contribution in [0.3, 0.4) is 0 Å². The molecule has 1 aromatic carbocycles. The number of benzene rings is 1. The molecule has 4 rings (SSSR count). The molecule has 1 fully saturated rings. The van der Waals surface area contributed by atoms with Gasteiger partial charge >= 0.3 is 0 Å². The normalized spacial score (nSPS) is 21.1. The summed E-state index contributed by atoms with van der Waals surface area (Å²) in [6.07, 6.45) is 3.45. The molecule has 2 aliphatic rings. The van der Waals surface area contributed by atoms with Crippen molar-refractivity contribution in [2.45, 2.75) is 36.1 Å². The number of fused-ring (bicyclic) bond motifs is 1. The zero-order valence-electron chi connectivity index (χ0n) is 11.2. The van der Waals surface area contributed by atoms with Gasteiger partial charge in [0, 0.05) is 29.7 Å². The predicted molar refractivity (Wildman–Crippen MR) is 78.0 cm³/mol. The number of aromatic nitrogens is 2. The lowest BCUT2D eigenvalue weighted by atomic mass is 10.0. The van der Waals surface area contributed by atoms with Crippen LogP contribution in [0.5, 0.6) is 0 Å². The third-order valence-electron chi connectivity index (χ3n) is 3.83. The highest BCUT2D eigenvalue weighted by Crippen LogP contribution is 2.42. The van der Waals surface area contributed by atoms with Crippen molar-refractivity contribution in [2.75, 3.05) is 12.3 Å². The van der Waals surface area contributed by atoms with Crippen LogP contribution in [0.1, 0.15) is 36.1 Å². The van der Waals surface area contributed by atoms with Crippen LogP contribution < -0.4 is 5.32 Å². The van der Waals surface area contributed by atoms with Gasteiger partial charge < -0.3 is 9.73 Å². The van der Waals surface area contributed by atoms with E-state index in [0.29, 0.717) is 0 Å². The molecule has 104 valence electrons. The SMILES string of the molecule is c1ccc2c(c1)SCC2c1nnc(CCNC2CC2)o1. The first kappa shape index (κ1) is 12.4. The van der Waals surface area contributed by atoms with Crippen LogP contribution in [-0.2, 0) is 6.42 Å². The maximum atomic E-state index is 5.85. The molecule has 1 unspecified atom stereocenters. The van der Waals surface area contributed by atoms with E-state index in [9.17, 15) is 0 Å². The molecule has 1 aliphatic carbocycles. The monoisotopic (exact) mass is 287 g/mol. The summed E-state index contributed by atoms with van der Waals surface area (Å²) in [6.45, 7) is 0.933. The summed E-state index contributed by atoms with van der Waals surface area (Å²) in [7, 11) is 0. The van der Waals surface area contributed by atoms with E-state index in [0.717, 1.165) is 36.5 Å². The summed E-state index contributed by atoms with van der Waals surface area (Å²) in [6, 6.07) is 9.22. The average Bonchev–Trinajstić information content (AvgIpc) is 3.01. The Hall–Kier alpha value is -1.33. The molecule has 20 heavy (non-hydrogen) atoms. The molecule has 1 aliphatic heterocycles. The number of hydrogen-bond donors (Lipinski definition) is 1. The van der Waals surface area contributed by atoms with Crippen LogP contribution in [0.2, 0.25) is 0 Å². The van der Waals surface area contributed by atoms with E-state index in [2.05, 4.69) is 39.8 Å². The Morgan fingerprint density at radius 1 is 1.25 bits per heavy atom. The molecule has 2 aromatic rings. The van der Waals surface area contributed by atoms with Gasteiger partial charge in [-0.1, -0.05) is 18.2 Å². The topological polar surface area (TPSA) is 51.0 Å². The molecule has 0 saturated heterocycles. The Labute approximate surface area is 122 Å². The summed E-state index contributed by atoms with van der Waals surface area (Å²) in [5, 5.41) is 11.9. The number of hydrogen-bond acceptors (Lipinski definition) is 5. The first-order valence-corrected chi connectivity index (χ1v) is 8.16. The molecule has 1 aromatic heterocycles. The number of rotatable bonds is 5. The van der Waals surface area contributed by atoms with Crippen LogP contribution in [0, 0.1) is 0 Å². The quantitative estimate of drug-likeness (QED) is 0.916. The van der Waals surface area contributed by atoms with Gasteiger partial charge in [-0.15, -0.1) is 22.0 Å². The van der Waals surface area contributed by atoms with Crippen molar-refractivity contribution in [1.82, 2.24) is 15.5 Å². The van der Waals surface area contributed by atoms with Crippen LogP contribution >= 0.6 is 11.8 Å². The van der Waals surface area contributed by atoms with Gasteiger partial charge in [0.2, 0.25) is 11.8 Å². The molecule has 4 nitrogen and oxygen atoms in total. The summed E-state index contributed by atoms with van der Waals surface area (Å²) in [5.74, 6) is 2.78. The lowest BCUT2D eigenvalue weighted by Gasteiger charge is -2.04. The van der Waals surface area contributed by atoms with Gasteiger partial charge in [-0.2, -0.15) is 0 Å². The third kappa shape index (κ3) is 2.47. The first-order valence-electron chi connectivity index (χ1n) is 7.17. The summed E-state index contributed by atoms with van der Waals surface area (Å²) in [4.78, 5) is 1.34. The maximum absolute atomic E-state index is 5.85. The molecule has 0 radical (unpaired) electrons. The van der Waals surface area contributed by atoms with Crippen molar-refractivity contribution in [3.05, 3.63) is 41.6 Å². The number of thioether (sulfide) groups is 1. The highest BCUT2D eigenvalue weighted by Gasteiger charge is 2.28. The minimum atomic E-state index is 0.258. The highest BCUT2D eigenvalue weighted by atomic mass is 32.2. The molecule has 0 spiro atoms. The predicted octanol–water partition coefficient (Wildman–Crippen LogP) is 2.60. The van der Waals surface area contributed by atoms with Gasteiger partial charge in [0.15, 0.2) is 0 Å². The lowest BCUT2D eigenvalue weighted by molar-refractivity contribution is 0.435. The van der Waals surface area contributed by atoms with E-state index in [-0.39, 0.29) is 5.92 Å². The van der Waals surface area contributed by atoms with Crippen LogP contribution in [0.25, 0.3) is 0 Å². The van der Waals surface area contributed by atoms with Crippen molar-refractivity contribution in [3.63, 3.8) is 0 Å². The van der Waals surface area contributed by atoms with Crippen molar-refractivity contribution in [1.29, 1.82) is 0 Å². The standard InChI is InChI=1S/C15H17N3OS/c1-2-4-13-11(3-1)12(9-20-13)15-18-17-14(19-15)7-8-16-10-5-6-10/h1-4,10,12,16H,5-9H2. The molecule has 5 heteroatoms. The molecule has 2 heterocycles. The summed E-state index contributed by atoms with van der Waals surface area (Å²) < 4.78 is 5.85. The van der Waals surface area contributed by atoms with E-state index in [1.165, 1.54) is 23.3 Å². The van der Waals surface area contributed by atoms with Gasteiger partial charge in [0.1, 0.15) is 0 Å². The second kappa shape index (κ2) is 5.22. The lowest BCUT2D eigenvalue weighted by Crippen LogP contribution is -2.19. The van der Waals surface area contributed by atoms with Gasteiger partial charge in [-0.25, -0.2) is 0 Å². The zero-order chi connectivity index (χ0) is 13.4. The van der Waals surface area contributed by atoms with E-state index in [1.807, 2.05) is 11.8 Å². The fourth-order valence-corrected chi connectivity index (χ4v) is 3.77. The smallest absolute Gasteiger partial charge is 0.224 e. The first-order chi connectivity index (χ1) is 9.90. The van der Waals surface area contributed by atoms with Gasteiger partial charge in [0.05, 0.1) is 5.92 Å². The third-order valence-corrected chi connectivity index (χ3v) is 5.01. The molecule has 1 atom stereocenters. The molecule has 1 N–H and O–H groups in total. The van der Waals surface area contributed by atoms with Gasteiger partial charge in [-0.3, -0.25) is 0 Å². The Balaban J connectivity index is 1.45. The van der Waals surface area contributed by atoms with Crippen molar-refractivity contribution < 1.29 is 4.42 Å². The molecular weight excluding hydrogens is 270 g/mol. The fraction of sp³-hybridized carbons (Fsp3) is 0.467. The Kier molecular flexibility index (Phi) is 3.24. The van der Waals surface area contributed by atoms with Crippen LogP contribution in [0.4, 0.5) is 0 Å². The zero-order valence-corrected chi connectivity index (χ0v) is 12.0. The summed E-state index contributed by atoms with van der Waals surface area (Å²) >= 11 is 1.87. The van der Waals surface area contributed by atoms with E-state index in [4.69, 9.17) is 4.42 Å². The van der Waals surface area contributed by atoms with Crippen molar-refractivity contribution in [2.24, 2.45) is 0 Å². The average molecular weight is 287 g/mol. The van der Waals surface area contributed by atoms with E-state index >= 15 is 0 Å². The van der Waals surface area contributed by atoms with Crippen molar-refractivity contribution in [3.8, 4) is 0 Å². The Morgan fingerprint density at radius 3 is 3.05 bits per heavy atom. The Morgan fingerprint density at radius 2 is 2.15 bits per heavy atom. The van der Waals surface area contributed by atoms with Crippen molar-refractivity contribution >= 4 is 11.8 Å². The largest absolute Gasteiger partial charge is 0.425 e. The van der Waals surface area contributed by atoms with Crippen LogP contribution in [0.15, 0.2) is 33.6 Å². The second-order valence-electron chi connectivity index (χ2n) is 5.41. The van der Waals surface area contributed by atoms with E-state index in [1.54, 1.807) is 0 Å². The Bertz CT molecular complexity index is 609. The molecule has 0 bridgehead atoms. The fourth-order valence-electron chi connectivity index (χ4n) is 2.55. The highest BCUT2D eigenvalue weighted by molar-refractivity contribution is 7.99. The molecule has 0 amide bonds. The molecule has 1 saturated carbocycles. The van der Waals surface area contributed by atoms with Gasteiger partial charge in [-0.05, 0) is 24.5 Å². The van der Waals surface area contributed by atoms with E-state index < -0.39 is 0 Å². The molecular formula is C15H17N3OS.